The lowest BCUT2D eigenvalue weighted by molar-refractivity contribution is 0.601. The monoisotopic (exact) mass is 387 g/mol. The standard InChI is InChI=1S/C19H17NO2S3/c21-25(22,18-9-8-14-4-1-2-5-15(14)13-18)20-17-7-3-6-16(12-17)19-23-10-11-24-19/h1-9,12-13,19-20H,10-11H2. The molecule has 1 heterocycles. The highest BCUT2D eigenvalue weighted by molar-refractivity contribution is 8.19. The van der Waals surface area contributed by atoms with E-state index in [2.05, 4.69) is 10.8 Å². The molecule has 128 valence electrons. The van der Waals surface area contributed by atoms with Crippen molar-refractivity contribution < 1.29 is 8.42 Å². The van der Waals surface area contributed by atoms with E-state index in [1.165, 1.54) is 0 Å². The lowest BCUT2D eigenvalue weighted by Gasteiger charge is -2.12. The SMILES string of the molecule is O=S(=O)(Nc1cccc(C2SCCS2)c1)c1ccc2ccccc2c1. The van der Waals surface area contributed by atoms with Crippen LogP contribution in [0.1, 0.15) is 10.1 Å². The first-order chi connectivity index (χ1) is 12.1. The fourth-order valence-corrected chi connectivity index (χ4v) is 6.77. The summed E-state index contributed by atoms with van der Waals surface area (Å²) in [4.78, 5) is 0.279. The van der Waals surface area contributed by atoms with E-state index in [1.54, 1.807) is 18.2 Å². The van der Waals surface area contributed by atoms with Crippen LogP contribution in [0.25, 0.3) is 10.8 Å². The molecule has 1 N–H and O–H groups in total. The molecular formula is C19H17NO2S3. The van der Waals surface area contributed by atoms with Crippen LogP contribution >= 0.6 is 23.5 Å². The van der Waals surface area contributed by atoms with Crippen LogP contribution in [0.15, 0.2) is 71.6 Å². The van der Waals surface area contributed by atoms with Gasteiger partial charge in [-0.1, -0.05) is 42.5 Å². The normalized spacial score (nSPS) is 15.5. The van der Waals surface area contributed by atoms with Gasteiger partial charge < -0.3 is 0 Å². The number of rotatable bonds is 4. The Morgan fingerprint density at radius 3 is 2.40 bits per heavy atom. The molecule has 1 saturated heterocycles. The number of hydrogen-bond acceptors (Lipinski definition) is 4. The van der Waals surface area contributed by atoms with Crippen LogP contribution in [0, 0.1) is 0 Å². The molecule has 0 unspecified atom stereocenters. The zero-order chi connectivity index (χ0) is 17.3. The molecule has 0 radical (unpaired) electrons. The molecule has 0 atom stereocenters. The van der Waals surface area contributed by atoms with Gasteiger partial charge >= 0.3 is 0 Å². The van der Waals surface area contributed by atoms with Gasteiger partial charge in [-0.3, -0.25) is 4.72 Å². The molecule has 0 aliphatic carbocycles. The fourth-order valence-electron chi connectivity index (χ4n) is 2.85. The molecule has 1 aliphatic rings. The van der Waals surface area contributed by atoms with Crippen LogP contribution in [-0.4, -0.2) is 19.9 Å². The zero-order valence-electron chi connectivity index (χ0n) is 13.4. The summed E-state index contributed by atoms with van der Waals surface area (Å²) in [6.45, 7) is 0. The number of nitrogens with one attached hydrogen (secondary N) is 1. The van der Waals surface area contributed by atoms with Gasteiger partial charge in [0.1, 0.15) is 0 Å². The Morgan fingerprint density at radius 2 is 1.60 bits per heavy atom. The van der Waals surface area contributed by atoms with Crippen molar-refractivity contribution in [2.45, 2.75) is 9.48 Å². The van der Waals surface area contributed by atoms with E-state index >= 15 is 0 Å². The summed E-state index contributed by atoms with van der Waals surface area (Å²) < 4.78 is 28.6. The second-order valence-corrected chi connectivity index (χ2v) is 10.2. The Kier molecular flexibility index (Phi) is 4.67. The number of thioether (sulfide) groups is 2. The molecule has 4 rings (SSSR count). The van der Waals surface area contributed by atoms with E-state index in [1.807, 2.05) is 66.0 Å². The molecule has 3 nitrogen and oxygen atoms in total. The molecule has 0 bridgehead atoms. The van der Waals surface area contributed by atoms with Gasteiger partial charge in [0.15, 0.2) is 0 Å². The third kappa shape index (κ3) is 3.66. The van der Waals surface area contributed by atoms with E-state index < -0.39 is 10.0 Å². The van der Waals surface area contributed by atoms with Gasteiger partial charge in [0.25, 0.3) is 10.0 Å². The van der Waals surface area contributed by atoms with Crippen LogP contribution in [0.3, 0.4) is 0 Å². The average Bonchev–Trinajstić information content (AvgIpc) is 3.16. The highest BCUT2D eigenvalue weighted by atomic mass is 32.2. The lowest BCUT2D eigenvalue weighted by atomic mass is 10.1. The maximum absolute atomic E-state index is 12.8. The summed E-state index contributed by atoms with van der Waals surface area (Å²) in [5.41, 5.74) is 1.77. The molecule has 1 fully saturated rings. The average molecular weight is 388 g/mol. The van der Waals surface area contributed by atoms with Crippen LogP contribution in [0.4, 0.5) is 5.69 Å². The maximum Gasteiger partial charge on any atom is 0.261 e. The number of anilines is 1. The summed E-state index contributed by atoms with van der Waals surface area (Å²) in [7, 11) is -3.61. The molecule has 0 saturated carbocycles. The van der Waals surface area contributed by atoms with E-state index in [0.29, 0.717) is 10.3 Å². The van der Waals surface area contributed by atoms with Crippen molar-refractivity contribution in [2.75, 3.05) is 16.2 Å². The molecule has 3 aromatic carbocycles. The minimum absolute atomic E-state index is 0.279. The number of hydrogen-bond donors (Lipinski definition) is 1. The highest BCUT2D eigenvalue weighted by Crippen LogP contribution is 2.45. The number of sulfonamides is 1. The smallest absolute Gasteiger partial charge is 0.261 e. The molecule has 3 aromatic rings. The summed E-state index contributed by atoms with van der Waals surface area (Å²) in [6, 6.07) is 20.7. The third-order valence-corrected chi connectivity index (χ3v) is 8.55. The van der Waals surface area contributed by atoms with Crippen LogP contribution in [0.5, 0.6) is 0 Å². The number of fused-ring (bicyclic) bond motifs is 1. The van der Waals surface area contributed by atoms with Crippen molar-refractivity contribution >= 4 is 50.0 Å². The third-order valence-electron chi connectivity index (χ3n) is 4.06. The van der Waals surface area contributed by atoms with Crippen molar-refractivity contribution in [3.63, 3.8) is 0 Å². The van der Waals surface area contributed by atoms with Crippen molar-refractivity contribution in [1.82, 2.24) is 0 Å². The van der Waals surface area contributed by atoms with E-state index in [0.717, 1.165) is 27.8 Å². The Hall–Kier alpha value is -1.63. The van der Waals surface area contributed by atoms with E-state index in [-0.39, 0.29) is 4.90 Å². The van der Waals surface area contributed by atoms with Crippen molar-refractivity contribution in [3.05, 3.63) is 72.3 Å². The molecule has 1 aliphatic heterocycles. The fraction of sp³-hybridized carbons (Fsp3) is 0.158. The zero-order valence-corrected chi connectivity index (χ0v) is 15.8. The summed E-state index contributed by atoms with van der Waals surface area (Å²) in [6.07, 6.45) is 0. The molecule has 0 spiro atoms. The molecule has 0 amide bonds. The number of benzene rings is 3. The van der Waals surface area contributed by atoms with Crippen molar-refractivity contribution in [1.29, 1.82) is 0 Å². The van der Waals surface area contributed by atoms with Gasteiger partial charge in [0.05, 0.1) is 9.48 Å². The first-order valence-electron chi connectivity index (χ1n) is 7.97. The van der Waals surface area contributed by atoms with Gasteiger partial charge in [-0.2, -0.15) is 0 Å². The quantitative estimate of drug-likeness (QED) is 0.675. The Morgan fingerprint density at radius 1 is 0.840 bits per heavy atom. The van der Waals surface area contributed by atoms with Gasteiger partial charge in [0.2, 0.25) is 0 Å². The maximum atomic E-state index is 12.8. The largest absolute Gasteiger partial charge is 0.280 e. The van der Waals surface area contributed by atoms with Crippen LogP contribution in [-0.2, 0) is 10.0 Å². The second-order valence-electron chi connectivity index (χ2n) is 5.81. The topological polar surface area (TPSA) is 46.2 Å². The molecule has 6 heteroatoms. The first kappa shape index (κ1) is 16.8. The van der Waals surface area contributed by atoms with E-state index in [4.69, 9.17) is 0 Å². The second kappa shape index (κ2) is 6.94. The van der Waals surface area contributed by atoms with Crippen LogP contribution < -0.4 is 4.72 Å². The Balaban J connectivity index is 1.63. The minimum atomic E-state index is -3.61. The van der Waals surface area contributed by atoms with Gasteiger partial charge in [-0.25, -0.2) is 8.42 Å². The predicted octanol–water partition coefficient (Wildman–Crippen LogP) is 5.12. The Bertz CT molecular complexity index is 1010. The van der Waals surface area contributed by atoms with E-state index in [9.17, 15) is 8.42 Å². The van der Waals surface area contributed by atoms with Crippen molar-refractivity contribution in [2.24, 2.45) is 0 Å². The predicted molar refractivity (Wildman–Crippen MR) is 109 cm³/mol. The summed E-state index contributed by atoms with van der Waals surface area (Å²) in [5, 5.41) is 1.94. The van der Waals surface area contributed by atoms with Gasteiger partial charge in [-0.15, -0.1) is 23.5 Å². The minimum Gasteiger partial charge on any atom is -0.280 e. The molecule has 25 heavy (non-hydrogen) atoms. The summed E-state index contributed by atoms with van der Waals surface area (Å²) in [5.74, 6) is 2.28. The lowest BCUT2D eigenvalue weighted by Crippen LogP contribution is -2.13. The molecule has 0 aromatic heterocycles. The highest BCUT2D eigenvalue weighted by Gasteiger charge is 2.20. The van der Waals surface area contributed by atoms with Crippen LogP contribution in [0.2, 0.25) is 0 Å². The molecular weight excluding hydrogens is 370 g/mol. The first-order valence-corrected chi connectivity index (χ1v) is 11.5. The summed E-state index contributed by atoms with van der Waals surface area (Å²) >= 11 is 3.81. The van der Waals surface area contributed by atoms with Crippen molar-refractivity contribution in [3.8, 4) is 0 Å². The van der Waals surface area contributed by atoms with Gasteiger partial charge in [-0.05, 0) is 40.6 Å². The van der Waals surface area contributed by atoms with Gasteiger partial charge in [0, 0.05) is 17.2 Å². The Labute approximate surface area is 156 Å².